The van der Waals surface area contributed by atoms with E-state index in [0.717, 1.165) is 32.1 Å². The van der Waals surface area contributed by atoms with E-state index in [-0.39, 0.29) is 5.60 Å². The van der Waals surface area contributed by atoms with Crippen molar-refractivity contribution in [1.82, 2.24) is 5.32 Å². The zero-order chi connectivity index (χ0) is 11.9. The van der Waals surface area contributed by atoms with Crippen LogP contribution in [0.1, 0.15) is 39.0 Å². The summed E-state index contributed by atoms with van der Waals surface area (Å²) in [5.74, 6) is 0.796. The Hall–Kier alpha value is -0.120. The van der Waals surface area contributed by atoms with Gasteiger partial charge < -0.3 is 14.8 Å². The normalized spacial score (nSPS) is 30.6. The summed E-state index contributed by atoms with van der Waals surface area (Å²) >= 11 is 0. The number of hydrogen-bond donors (Lipinski definition) is 1. The predicted molar refractivity (Wildman–Crippen MR) is 66.7 cm³/mol. The van der Waals surface area contributed by atoms with Crippen molar-refractivity contribution in [3.8, 4) is 0 Å². The lowest BCUT2D eigenvalue weighted by Crippen LogP contribution is -2.45. The Morgan fingerprint density at radius 1 is 1.38 bits per heavy atom. The van der Waals surface area contributed by atoms with Gasteiger partial charge in [-0.15, -0.1) is 0 Å². The summed E-state index contributed by atoms with van der Waals surface area (Å²) in [5, 5.41) is 3.28. The Bertz CT molecular complexity index is 183. The first-order valence-corrected chi connectivity index (χ1v) is 6.50. The quantitative estimate of drug-likeness (QED) is 0.679. The first-order valence-electron chi connectivity index (χ1n) is 6.50. The van der Waals surface area contributed by atoms with Crippen molar-refractivity contribution in [3.63, 3.8) is 0 Å². The minimum atomic E-state index is 0.0835. The minimum absolute atomic E-state index is 0.0835. The Kier molecular flexibility index (Phi) is 6.32. The summed E-state index contributed by atoms with van der Waals surface area (Å²) in [7, 11) is 3.76. The second-order valence-electron chi connectivity index (χ2n) is 5.11. The van der Waals surface area contributed by atoms with E-state index in [1.165, 1.54) is 25.7 Å². The zero-order valence-corrected chi connectivity index (χ0v) is 11.1. The van der Waals surface area contributed by atoms with Crippen LogP contribution in [0, 0.1) is 5.92 Å². The van der Waals surface area contributed by atoms with Crippen LogP contribution in [-0.2, 0) is 9.47 Å². The third-order valence-electron chi connectivity index (χ3n) is 3.45. The summed E-state index contributed by atoms with van der Waals surface area (Å²) in [4.78, 5) is 0. The molecule has 0 radical (unpaired) electrons. The summed E-state index contributed by atoms with van der Waals surface area (Å²) < 4.78 is 11.2. The molecule has 2 atom stereocenters. The largest absolute Gasteiger partial charge is 0.385 e. The van der Waals surface area contributed by atoms with Crippen molar-refractivity contribution in [3.05, 3.63) is 0 Å². The maximum Gasteiger partial charge on any atom is 0.0808 e. The van der Waals surface area contributed by atoms with Crippen LogP contribution in [0.15, 0.2) is 0 Å². The molecule has 0 saturated heterocycles. The average Bonchev–Trinajstić information content (AvgIpc) is 2.25. The van der Waals surface area contributed by atoms with Gasteiger partial charge in [-0.1, -0.05) is 19.8 Å². The SMILES string of the molecule is CNCC1(OCCCOC)CCCC(C)C1. The second kappa shape index (κ2) is 7.25. The third kappa shape index (κ3) is 4.40. The molecule has 1 N–H and O–H groups in total. The number of hydrogen-bond acceptors (Lipinski definition) is 3. The number of nitrogens with one attached hydrogen (secondary N) is 1. The third-order valence-corrected chi connectivity index (χ3v) is 3.45. The highest BCUT2D eigenvalue weighted by Crippen LogP contribution is 2.34. The molecule has 0 aromatic rings. The van der Waals surface area contributed by atoms with Crippen LogP contribution in [0.25, 0.3) is 0 Å². The Morgan fingerprint density at radius 2 is 2.19 bits per heavy atom. The van der Waals surface area contributed by atoms with Gasteiger partial charge in [0.05, 0.1) is 5.60 Å². The van der Waals surface area contributed by atoms with Crippen LogP contribution >= 0.6 is 0 Å². The van der Waals surface area contributed by atoms with Crippen molar-refractivity contribution in [2.24, 2.45) is 5.92 Å². The van der Waals surface area contributed by atoms with Gasteiger partial charge in [-0.05, 0) is 32.2 Å². The molecule has 96 valence electrons. The van der Waals surface area contributed by atoms with Crippen LogP contribution in [0.5, 0.6) is 0 Å². The van der Waals surface area contributed by atoms with Gasteiger partial charge in [0.15, 0.2) is 0 Å². The lowest BCUT2D eigenvalue weighted by atomic mass is 9.78. The van der Waals surface area contributed by atoms with E-state index >= 15 is 0 Å². The number of likely N-dealkylation sites (N-methyl/N-ethyl adjacent to an activating group) is 1. The molecule has 16 heavy (non-hydrogen) atoms. The molecule has 2 unspecified atom stereocenters. The molecule has 0 aliphatic heterocycles. The molecule has 3 heteroatoms. The molecule has 0 heterocycles. The van der Waals surface area contributed by atoms with Crippen molar-refractivity contribution in [2.45, 2.75) is 44.6 Å². The fourth-order valence-electron chi connectivity index (χ4n) is 2.77. The van der Waals surface area contributed by atoms with Gasteiger partial charge in [-0.25, -0.2) is 0 Å². The predicted octanol–water partition coefficient (Wildman–Crippen LogP) is 2.21. The molecule has 3 nitrogen and oxygen atoms in total. The van der Waals surface area contributed by atoms with E-state index < -0.39 is 0 Å². The smallest absolute Gasteiger partial charge is 0.0808 e. The molecule has 0 spiro atoms. The minimum Gasteiger partial charge on any atom is -0.385 e. The van der Waals surface area contributed by atoms with Crippen LogP contribution < -0.4 is 5.32 Å². The first-order chi connectivity index (χ1) is 7.72. The molecule has 0 aromatic heterocycles. The van der Waals surface area contributed by atoms with Crippen molar-refractivity contribution < 1.29 is 9.47 Å². The highest BCUT2D eigenvalue weighted by atomic mass is 16.5. The molecular weight excluding hydrogens is 202 g/mol. The summed E-state index contributed by atoms with van der Waals surface area (Å²) in [6, 6.07) is 0. The van der Waals surface area contributed by atoms with E-state index in [1.807, 2.05) is 7.05 Å². The van der Waals surface area contributed by atoms with Crippen molar-refractivity contribution in [2.75, 3.05) is 33.9 Å². The van der Waals surface area contributed by atoms with Gasteiger partial charge in [-0.3, -0.25) is 0 Å². The van der Waals surface area contributed by atoms with Crippen LogP contribution in [0.3, 0.4) is 0 Å². The summed E-state index contributed by atoms with van der Waals surface area (Å²) in [5.41, 5.74) is 0.0835. The summed E-state index contributed by atoms with van der Waals surface area (Å²) in [6.45, 7) is 4.93. The maximum absolute atomic E-state index is 6.14. The molecule has 1 aliphatic rings. The fraction of sp³-hybridized carbons (Fsp3) is 1.00. The van der Waals surface area contributed by atoms with Crippen LogP contribution in [0.2, 0.25) is 0 Å². The van der Waals surface area contributed by atoms with Crippen molar-refractivity contribution in [1.29, 1.82) is 0 Å². The molecule has 1 saturated carbocycles. The molecular formula is C13H27NO2. The standard InChI is InChI=1S/C13H27NO2/c1-12-6-4-7-13(10-12,11-14-2)16-9-5-8-15-3/h12,14H,4-11H2,1-3H3. The van der Waals surface area contributed by atoms with Crippen molar-refractivity contribution >= 4 is 0 Å². The number of rotatable bonds is 7. The number of methoxy groups -OCH3 is 1. The van der Waals surface area contributed by atoms with Gasteiger partial charge in [-0.2, -0.15) is 0 Å². The topological polar surface area (TPSA) is 30.5 Å². The van der Waals surface area contributed by atoms with E-state index in [2.05, 4.69) is 12.2 Å². The van der Waals surface area contributed by atoms with Crippen LogP contribution in [0.4, 0.5) is 0 Å². The maximum atomic E-state index is 6.14. The highest BCUT2D eigenvalue weighted by molar-refractivity contribution is 4.88. The second-order valence-corrected chi connectivity index (χ2v) is 5.11. The lowest BCUT2D eigenvalue weighted by molar-refractivity contribution is -0.0821. The van der Waals surface area contributed by atoms with E-state index in [4.69, 9.17) is 9.47 Å². The van der Waals surface area contributed by atoms with Gasteiger partial charge in [0.25, 0.3) is 0 Å². The molecule has 1 aliphatic carbocycles. The molecule has 0 aromatic carbocycles. The van der Waals surface area contributed by atoms with E-state index in [0.29, 0.717) is 0 Å². The van der Waals surface area contributed by atoms with E-state index in [9.17, 15) is 0 Å². The first kappa shape index (κ1) is 13.9. The molecule has 1 rings (SSSR count). The Morgan fingerprint density at radius 3 is 2.81 bits per heavy atom. The Balaban J connectivity index is 2.38. The fourth-order valence-corrected chi connectivity index (χ4v) is 2.77. The van der Waals surface area contributed by atoms with Crippen LogP contribution in [-0.4, -0.2) is 39.5 Å². The average molecular weight is 229 g/mol. The Labute approximate surface area is 99.9 Å². The van der Waals surface area contributed by atoms with Gasteiger partial charge in [0, 0.05) is 26.9 Å². The molecule has 0 amide bonds. The number of ether oxygens (including phenoxy) is 2. The highest BCUT2D eigenvalue weighted by Gasteiger charge is 2.34. The monoisotopic (exact) mass is 229 g/mol. The molecule has 1 fully saturated rings. The lowest BCUT2D eigenvalue weighted by Gasteiger charge is -2.40. The van der Waals surface area contributed by atoms with E-state index in [1.54, 1.807) is 7.11 Å². The summed E-state index contributed by atoms with van der Waals surface area (Å²) in [6.07, 6.45) is 6.04. The zero-order valence-electron chi connectivity index (χ0n) is 11.1. The van der Waals surface area contributed by atoms with Gasteiger partial charge in [0.1, 0.15) is 0 Å². The molecule has 0 bridgehead atoms. The van der Waals surface area contributed by atoms with Gasteiger partial charge in [0.2, 0.25) is 0 Å². The van der Waals surface area contributed by atoms with Gasteiger partial charge >= 0.3 is 0 Å².